The van der Waals surface area contributed by atoms with Gasteiger partial charge in [0.15, 0.2) is 0 Å². The predicted octanol–water partition coefficient (Wildman–Crippen LogP) is 1.89. The molecule has 2 fully saturated rings. The zero-order chi connectivity index (χ0) is 16.4. The normalized spacial score (nSPS) is 23.8. The fourth-order valence-electron chi connectivity index (χ4n) is 3.41. The number of likely N-dealkylation sites (tertiary alicyclic amines) is 1. The minimum Gasteiger partial charge on any atom is -0.311 e. The summed E-state index contributed by atoms with van der Waals surface area (Å²) in [6.07, 6.45) is 5.39. The van der Waals surface area contributed by atoms with E-state index in [-0.39, 0.29) is 42.5 Å². The van der Waals surface area contributed by atoms with Crippen molar-refractivity contribution >= 4 is 23.5 Å². The maximum atomic E-state index is 12.3. The average molecular weight is 315 g/mol. The number of aromatic nitrogens is 1. The first kappa shape index (κ1) is 15.6. The van der Waals surface area contributed by atoms with Crippen molar-refractivity contribution < 1.29 is 14.4 Å². The van der Waals surface area contributed by atoms with E-state index in [1.807, 2.05) is 13.0 Å². The number of carbonyl (C=O) groups is 3. The van der Waals surface area contributed by atoms with Crippen LogP contribution in [0.4, 0.5) is 5.82 Å². The number of hydrogen-bond donors (Lipinski definition) is 1. The van der Waals surface area contributed by atoms with E-state index < -0.39 is 0 Å². The lowest BCUT2D eigenvalue weighted by atomic mass is 9.81. The highest BCUT2D eigenvalue weighted by Crippen LogP contribution is 2.37. The fourth-order valence-corrected chi connectivity index (χ4v) is 3.41. The summed E-state index contributed by atoms with van der Waals surface area (Å²) in [4.78, 5) is 42.0. The van der Waals surface area contributed by atoms with Crippen molar-refractivity contribution in [3.05, 3.63) is 23.9 Å². The van der Waals surface area contributed by atoms with Gasteiger partial charge in [-0.15, -0.1) is 0 Å². The van der Waals surface area contributed by atoms with Gasteiger partial charge in [0.1, 0.15) is 5.82 Å². The zero-order valence-corrected chi connectivity index (χ0v) is 13.2. The molecule has 122 valence electrons. The smallest absolute Gasteiger partial charge is 0.233 e. The Bertz CT molecular complexity index is 602. The number of anilines is 1. The summed E-state index contributed by atoms with van der Waals surface area (Å²) in [5.41, 5.74) is 1.01. The molecule has 2 heterocycles. The summed E-state index contributed by atoms with van der Waals surface area (Å²) in [6.45, 7) is 2.07. The lowest BCUT2D eigenvalue weighted by Gasteiger charge is -2.19. The molecule has 2 aliphatic rings. The lowest BCUT2D eigenvalue weighted by molar-refractivity contribution is -0.140. The van der Waals surface area contributed by atoms with Crippen LogP contribution in [0.5, 0.6) is 0 Å². The van der Waals surface area contributed by atoms with Gasteiger partial charge >= 0.3 is 0 Å². The molecule has 0 bridgehead atoms. The minimum absolute atomic E-state index is 0.0963. The molecule has 3 rings (SSSR count). The number of imide groups is 1. The highest BCUT2D eigenvalue weighted by Gasteiger charge is 2.47. The van der Waals surface area contributed by atoms with E-state index in [1.165, 1.54) is 4.90 Å². The molecule has 1 saturated carbocycles. The van der Waals surface area contributed by atoms with Crippen LogP contribution in [0.25, 0.3) is 0 Å². The Morgan fingerprint density at radius 2 is 1.87 bits per heavy atom. The molecule has 1 aromatic heterocycles. The standard InChI is InChI=1S/C17H21N3O3/c1-11-6-7-14(18-10-11)19-15(21)8-9-20-16(22)12-4-2-3-5-13(12)17(20)23/h6-7,10,12-13H,2-5,8-9H2,1H3,(H,18,19,21)/t12-,13+. The third-order valence-electron chi connectivity index (χ3n) is 4.67. The van der Waals surface area contributed by atoms with Crippen molar-refractivity contribution in [3.8, 4) is 0 Å². The van der Waals surface area contributed by atoms with Gasteiger partial charge in [-0.05, 0) is 31.4 Å². The third-order valence-corrected chi connectivity index (χ3v) is 4.67. The molecule has 1 aliphatic heterocycles. The largest absolute Gasteiger partial charge is 0.311 e. The topological polar surface area (TPSA) is 79.4 Å². The van der Waals surface area contributed by atoms with E-state index in [0.29, 0.717) is 5.82 Å². The van der Waals surface area contributed by atoms with Gasteiger partial charge in [-0.2, -0.15) is 0 Å². The maximum absolute atomic E-state index is 12.3. The van der Waals surface area contributed by atoms with Crippen LogP contribution in [0.1, 0.15) is 37.7 Å². The number of nitrogens with one attached hydrogen (secondary N) is 1. The van der Waals surface area contributed by atoms with E-state index >= 15 is 0 Å². The van der Waals surface area contributed by atoms with Crippen molar-refractivity contribution in [1.29, 1.82) is 0 Å². The molecule has 1 aromatic rings. The van der Waals surface area contributed by atoms with Gasteiger partial charge < -0.3 is 5.32 Å². The molecule has 1 aliphatic carbocycles. The van der Waals surface area contributed by atoms with Crippen LogP contribution in [0, 0.1) is 18.8 Å². The SMILES string of the molecule is Cc1ccc(NC(=O)CCN2C(=O)[C@H]3CCCC[C@H]3C2=O)nc1. The van der Waals surface area contributed by atoms with Crippen molar-refractivity contribution in [1.82, 2.24) is 9.88 Å². The summed E-state index contributed by atoms with van der Waals surface area (Å²) in [5, 5.41) is 2.69. The number of rotatable bonds is 4. The minimum atomic E-state index is -0.239. The molecule has 0 spiro atoms. The molecule has 3 amide bonds. The molecule has 2 atom stereocenters. The Morgan fingerprint density at radius 1 is 1.22 bits per heavy atom. The van der Waals surface area contributed by atoms with Crippen LogP contribution >= 0.6 is 0 Å². The average Bonchev–Trinajstić information content (AvgIpc) is 2.80. The number of nitrogens with zero attached hydrogens (tertiary/aromatic N) is 2. The van der Waals surface area contributed by atoms with Crippen molar-refractivity contribution in [3.63, 3.8) is 0 Å². The van der Waals surface area contributed by atoms with Gasteiger partial charge in [-0.1, -0.05) is 18.9 Å². The number of amides is 3. The Morgan fingerprint density at radius 3 is 2.43 bits per heavy atom. The monoisotopic (exact) mass is 315 g/mol. The van der Waals surface area contributed by atoms with Crippen LogP contribution in [-0.4, -0.2) is 34.2 Å². The number of hydrogen-bond acceptors (Lipinski definition) is 4. The molecule has 0 unspecified atom stereocenters. The van der Waals surface area contributed by atoms with Crippen LogP contribution in [0.15, 0.2) is 18.3 Å². The second kappa shape index (κ2) is 6.48. The molecule has 23 heavy (non-hydrogen) atoms. The molecule has 1 N–H and O–H groups in total. The maximum Gasteiger partial charge on any atom is 0.233 e. The fraction of sp³-hybridized carbons (Fsp3) is 0.529. The van der Waals surface area contributed by atoms with E-state index in [2.05, 4.69) is 10.3 Å². The molecule has 1 saturated heterocycles. The van der Waals surface area contributed by atoms with E-state index in [4.69, 9.17) is 0 Å². The Kier molecular flexibility index (Phi) is 4.41. The second-order valence-electron chi connectivity index (χ2n) is 6.34. The summed E-state index contributed by atoms with van der Waals surface area (Å²) in [6, 6.07) is 3.59. The van der Waals surface area contributed by atoms with Gasteiger partial charge in [-0.25, -0.2) is 4.98 Å². The molecule has 0 aromatic carbocycles. The molecule has 6 nitrogen and oxygen atoms in total. The first-order valence-electron chi connectivity index (χ1n) is 8.14. The van der Waals surface area contributed by atoms with Crippen molar-refractivity contribution in [2.24, 2.45) is 11.8 Å². The first-order valence-corrected chi connectivity index (χ1v) is 8.14. The van der Waals surface area contributed by atoms with Gasteiger partial charge in [0, 0.05) is 19.2 Å². The van der Waals surface area contributed by atoms with Crippen molar-refractivity contribution in [2.45, 2.75) is 39.0 Å². The third kappa shape index (κ3) is 3.25. The first-order chi connectivity index (χ1) is 11.1. The predicted molar refractivity (Wildman–Crippen MR) is 84.4 cm³/mol. The summed E-state index contributed by atoms with van der Waals surface area (Å²) in [7, 11) is 0. The Hall–Kier alpha value is -2.24. The van der Waals surface area contributed by atoms with Crippen LogP contribution in [-0.2, 0) is 14.4 Å². The van der Waals surface area contributed by atoms with Gasteiger partial charge in [0.2, 0.25) is 17.7 Å². The van der Waals surface area contributed by atoms with Crippen LogP contribution in [0.3, 0.4) is 0 Å². The highest BCUT2D eigenvalue weighted by molar-refractivity contribution is 6.05. The van der Waals surface area contributed by atoms with E-state index in [9.17, 15) is 14.4 Å². The van der Waals surface area contributed by atoms with Gasteiger partial charge in [0.25, 0.3) is 0 Å². The summed E-state index contributed by atoms with van der Waals surface area (Å²) >= 11 is 0. The van der Waals surface area contributed by atoms with Gasteiger partial charge in [-0.3, -0.25) is 19.3 Å². The van der Waals surface area contributed by atoms with Crippen LogP contribution in [0.2, 0.25) is 0 Å². The van der Waals surface area contributed by atoms with E-state index in [1.54, 1.807) is 12.3 Å². The quantitative estimate of drug-likeness (QED) is 0.861. The van der Waals surface area contributed by atoms with Crippen molar-refractivity contribution in [2.75, 3.05) is 11.9 Å². The highest BCUT2D eigenvalue weighted by atomic mass is 16.2. The summed E-state index contributed by atoms with van der Waals surface area (Å²) in [5.74, 6) is -0.261. The lowest BCUT2D eigenvalue weighted by Crippen LogP contribution is -2.34. The van der Waals surface area contributed by atoms with Gasteiger partial charge in [0.05, 0.1) is 11.8 Å². The number of pyridine rings is 1. The van der Waals surface area contributed by atoms with Crippen LogP contribution < -0.4 is 5.32 Å². The zero-order valence-electron chi connectivity index (χ0n) is 13.2. The molecular formula is C17H21N3O3. The molecule has 6 heteroatoms. The number of carbonyl (C=O) groups excluding carboxylic acids is 3. The molecule has 0 radical (unpaired) electrons. The number of aryl methyl sites for hydroxylation is 1. The second-order valence-corrected chi connectivity index (χ2v) is 6.34. The molecular weight excluding hydrogens is 294 g/mol. The Balaban J connectivity index is 1.55. The summed E-state index contributed by atoms with van der Waals surface area (Å²) < 4.78 is 0. The van der Waals surface area contributed by atoms with E-state index in [0.717, 1.165) is 31.2 Å². The Labute approximate surface area is 135 Å². The number of fused-ring (bicyclic) bond motifs is 1.